The van der Waals surface area contributed by atoms with E-state index in [1.165, 1.54) is 0 Å². The van der Waals surface area contributed by atoms with Crippen LogP contribution in [-0.2, 0) is 0 Å². The molecule has 0 aliphatic heterocycles. The Labute approximate surface area is 215 Å². The van der Waals surface area contributed by atoms with Crippen LogP contribution in [0.3, 0.4) is 0 Å². The maximum atomic E-state index is 13.9. The molecule has 3 nitrogen and oxygen atoms in total. The van der Waals surface area contributed by atoms with Gasteiger partial charge in [0.1, 0.15) is 5.75 Å². The summed E-state index contributed by atoms with van der Waals surface area (Å²) in [5, 5.41) is -1.38. The topological polar surface area (TPSA) is 61.3 Å². The second-order valence-electron chi connectivity index (χ2n) is 7.62. The van der Waals surface area contributed by atoms with Gasteiger partial charge < -0.3 is 16.2 Å². The Balaban J connectivity index is 3.77. The minimum atomic E-state index is -9.26. The van der Waals surface area contributed by atoms with Crippen LogP contribution in [0.25, 0.3) is 0 Å². The monoisotopic (exact) mass is 676 g/mol. The van der Waals surface area contributed by atoms with Crippen molar-refractivity contribution < 1.29 is 96.9 Å². The van der Waals surface area contributed by atoms with E-state index < -0.39 is 81.8 Å². The number of halogens is 22. The zero-order valence-electron chi connectivity index (χ0n) is 18.0. The molecule has 25 heteroatoms. The van der Waals surface area contributed by atoms with Crippen molar-refractivity contribution in [2.45, 2.75) is 59.7 Å². The highest BCUT2D eigenvalue weighted by molar-refractivity contribution is 6.32. The van der Waals surface area contributed by atoms with Gasteiger partial charge in [-0.1, -0.05) is 11.6 Å². The summed E-state index contributed by atoms with van der Waals surface area (Å²) in [6, 6.07) is 0.144. The molecule has 0 heterocycles. The predicted octanol–water partition coefficient (Wildman–Crippen LogP) is 8.12. The number of ether oxygens (including phenoxy) is 1. The highest BCUT2D eigenvalue weighted by Crippen LogP contribution is 2.66. The van der Waals surface area contributed by atoms with Crippen molar-refractivity contribution in [3.63, 3.8) is 0 Å². The fourth-order valence-electron chi connectivity index (χ4n) is 2.41. The first-order chi connectivity index (χ1) is 17.5. The molecule has 0 radical (unpaired) electrons. The van der Waals surface area contributed by atoms with Gasteiger partial charge >= 0.3 is 59.7 Å². The lowest BCUT2D eigenvalue weighted by atomic mass is 9.87. The molecule has 0 saturated carbocycles. The summed E-state index contributed by atoms with van der Waals surface area (Å²) in [4.78, 5) is 0. The fraction of sp³-hybridized carbons (Fsp3) is 0.625. The van der Waals surface area contributed by atoms with E-state index in [0.29, 0.717) is 0 Å². The Kier molecular flexibility index (Phi) is 8.43. The van der Waals surface area contributed by atoms with Crippen LogP contribution < -0.4 is 16.2 Å². The molecule has 0 atom stereocenters. The highest BCUT2D eigenvalue weighted by Gasteiger charge is 2.98. The predicted molar refractivity (Wildman–Crippen MR) is 91.5 cm³/mol. The second-order valence-corrected chi connectivity index (χ2v) is 8.03. The van der Waals surface area contributed by atoms with Crippen molar-refractivity contribution in [2.75, 3.05) is 11.5 Å². The summed E-state index contributed by atoms with van der Waals surface area (Å²) in [6.45, 7) is 0. The maximum absolute atomic E-state index is 13.9. The molecular weight excluding hydrogens is 671 g/mol. The molecule has 0 spiro atoms. The number of nitrogens with two attached hydrogens (primary N) is 2. The fourth-order valence-corrected chi connectivity index (χ4v) is 2.62. The Morgan fingerprint density at radius 1 is 0.439 bits per heavy atom. The van der Waals surface area contributed by atoms with Gasteiger partial charge in [0, 0.05) is 6.07 Å². The Bertz CT molecular complexity index is 1150. The molecule has 41 heavy (non-hydrogen) atoms. The normalized spacial score (nSPS) is 15.8. The lowest BCUT2D eigenvalue weighted by Crippen LogP contribution is -2.77. The van der Waals surface area contributed by atoms with Gasteiger partial charge in [0.2, 0.25) is 0 Å². The molecule has 0 aliphatic carbocycles. The van der Waals surface area contributed by atoms with Gasteiger partial charge in [-0.25, -0.2) is 0 Å². The quantitative estimate of drug-likeness (QED) is 0.195. The van der Waals surface area contributed by atoms with Crippen molar-refractivity contribution in [3.8, 4) is 5.75 Å². The average molecular weight is 677 g/mol. The van der Waals surface area contributed by atoms with E-state index in [0.717, 1.165) is 0 Å². The molecule has 1 aromatic carbocycles. The molecule has 240 valence electrons. The summed E-state index contributed by atoms with van der Waals surface area (Å²) in [7, 11) is 0. The third-order valence-electron chi connectivity index (χ3n) is 4.86. The van der Waals surface area contributed by atoms with E-state index in [1.54, 1.807) is 0 Å². The number of hydrogen-bond donors (Lipinski definition) is 2. The minimum absolute atomic E-state index is 0.107. The van der Waals surface area contributed by atoms with Crippen molar-refractivity contribution in [2.24, 2.45) is 0 Å². The highest BCUT2D eigenvalue weighted by atomic mass is 35.5. The van der Waals surface area contributed by atoms with E-state index >= 15 is 0 Å². The lowest BCUT2D eigenvalue weighted by molar-refractivity contribution is -0.480. The van der Waals surface area contributed by atoms with Crippen LogP contribution in [0.4, 0.5) is 104 Å². The SMILES string of the molecule is Nc1cc(Cl)c(OC(F)(F)C(F)(F)C(F)(F)C(F)(F)C(F)(F)C(F)(F)C(F)(F)C(F)(F)C(F)(F)C(F)(F)F)cc1N. The minimum Gasteiger partial charge on any atom is -0.426 e. The van der Waals surface area contributed by atoms with Gasteiger partial charge in [-0.3, -0.25) is 0 Å². The van der Waals surface area contributed by atoms with Crippen molar-refractivity contribution in [1.82, 2.24) is 0 Å². The number of nitrogen functional groups attached to an aromatic ring is 2. The first kappa shape index (κ1) is 36.5. The third-order valence-corrected chi connectivity index (χ3v) is 5.15. The van der Waals surface area contributed by atoms with E-state index in [2.05, 4.69) is 4.74 Å². The van der Waals surface area contributed by atoms with E-state index in [4.69, 9.17) is 23.1 Å². The summed E-state index contributed by atoms with van der Waals surface area (Å²) in [5.41, 5.74) is 8.45. The van der Waals surface area contributed by atoms with Crippen LogP contribution in [0.2, 0.25) is 5.02 Å². The molecular formula is C16H6ClF21N2O. The molecule has 1 rings (SSSR count). The summed E-state index contributed by atoms with van der Waals surface area (Å²) in [6.07, 6.45) is -15.4. The molecule has 0 saturated heterocycles. The molecule has 0 unspecified atom stereocenters. The first-order valence-electron chi connectivity index (χ1n) is 9.05. The zero-order chi connectivity index (χ0) is 33.4. The molecule has 0 aromatic heterocycles. The lowest BCUT2D eigenvalue weighted by Gasteiger charge is -2.44. The first-order valence-corrected chi connectivity index (χ1v) is 9.43. The van der Waals surface area contributed by atoms with Gasteiger partial charge in [0.15, 0.2) is 0 Å². The molecule has 0 aliphatic rings. The van der Waals surface area contributed by atoms with Gasteiger partial charge in [-0.15, -0.1) is 0 Å². The van der Waals surface area contributed by atoms with Crippen LogP contribution in [-0.4, -0.2) is 59.7 Å². The van der Waals surface area contributed by atoms with Gasteiger partial charge in [-0.2, -0.15) is 92.2 Å². The number of anilines is 2. The molecule has 0 bridgehead atoms. The summed E-state index contributed by atoms with van der Waals surface area (Å²) < 4.78 is 283. The van der Waals surface area contributed by atoms with Gasteiger partial charge in [0.25, 0.3) is 0 Å². The van der Waals surface area contributed by atoms with Crippen LogP contribution in [0.15, 0.2) is 12.1 Å². The third kappa shape index (κ3) is 4.76. The van der Waals surface area contributed by atoms with Crippen LogP contribution >= 0.6 is 11.6 Å². The van der Waals surface area contributed by atoms with Crippen molar-refractivity contribution >= 4 is 23.0 Å². The maximum Gasteiger partial charge on any atom is 0.471 e. The Hall–Kier alpha value is -2.56. The van der Waals surface area contributed by atoms with E-state index in [9.17, 15) is 92.2 Å². The summed E-state index contributed by atoms with van der Waals surface area (Å²) >= 11 is 5.17. The van der Waals surface area contributed by atoms with E-state index in [-0.39, 0.29) is 12.1 Å². The van der Waals surface area contributed by atoms with Crippen LogP contribution in [0, 0.1) is 0 Å². The number of benzene rings is 1. The standard InChI is InChI=1S/C16H6ClF21N2O/c17-3-1-4(39)5(40)2-6(3)41-16(37,38)14(32,33)12(28,29)10(24,25)8(20,21)7(18,19)9(22,23)11(26,27)13(30,31)15(34,35)36/h1-2H,39-40H2. The largest absolute Gasteiger partial charge is 0.471 e. The smallest absolute Gasteiger partial charge is 0.426 e. The molecule has 0 fully saturated rings. The van der Waals surface area contributed by atoms with Gasteiger partial charge in [-0.05, 0) is 6.07 Å². The average Bonchev–Trinajstić information content (AvgIpc) is 2.75. The second kappa shape index (κ2) is 9.47. The summed E-state index contributed by atoms with van der Waals surface area (Å²) in [5.74, 6) is -73.3. The molecule has 1 aromatic rings. The Morgan fingerprint density at radius 2 is 0.707 bits per heavy atom. The zero-order valence-corrected chi connectivity index (χ0v) is 18.8. The number of hydrogen-bond acceptors (Lipinski definition) is 3. The van der Waals surface area contributed by atoms with Crippen molar-refractivity contribution in [1.29, 1.82) is 0 Å². The Morgan fingerprint density at radius 3 is 1.02 bits per heavy atom. The van der Waals surface area contributed by atoms with Crippen molar-refractivity contribution in [3.05, 3.63) is 17.2 Å². The number of alkyl halides is 21. The number of rotatable bonds is 10. The van der Waals surface area contributed by atoms with E-state index in [1.807, 2.05) is 0 Å². The van der Waals surface area contributed by atoms with Crippen LogP contribution in [0.5, 0.6) is 5.75 Å². The van der Waals surface area contributed by atoms with Gasteiger partial charge in [0.05, 0.1) is 16.4 Å². The molecule has 4 N–H and O–H groups in total. The van der Waals surface area contributed by atoms with Crippen LogP contribution in [0.1, 0.15) is 0 Å². The molecule has 0 amide bonds.